The molecule has 2 heterocycles. The summed E-state index contributed by atoms with van der Waals surface area (Å²) in [5.74, 6) is -0.935. The highest BCUT2D eigenvalue weighted by Gasteiger charge is 2.30. The molecule has 0 aliphatic carbocycles. The van der Waals surface area contributed by atoms with Crippen molar-refractivity contribution in [3.63, 3.8) is 0 Å². The van der Waals surface area contributed by atoms with Crippen LogP contribution in [-0.4, -0.2) is 25.8 Å². The van der Waals surface area contributed by atoms with Crippen LogP contribution in [0.15, 0.2) is 24.4 Å². The van der Waals surface area contributed by atoms with Crippen LogP contribution in [0.1, 0.15) is 17.7 Å². The predicted octanol–water partition coefficient (Wildman–Crippen LogP) is 2.52. The topological polar surface area (TPSA) is 68.0 Å². The van der Waals surface area contributed by atoms with Gasteiger partial charge in [-0.3, -0.25) is 14.5 Å². The number of carbonyl (C=O) groups is 1. The summed E-state index contributed by atoms with van der Waals surface area (Å²) in [6.45, 7) is 0. The molecule has 0 spiro atoms. The smallest absolute Gasteiger partial charge is 0.417 e. The van der Waals surface area contributed by atoms with E-state index in [-0.39, 0.29) is 12.8 Å². The first-order chi connectivity index (χ1) is 9.77. The van der Waals surface area contributed by atoms with E-state index in [2.05, 4.69) is 10.1 Å². The molecule has 0 saturated carbocycles. The Morgan fingerprint density at radius 2 is 2.10 bits per heavy atom. The molecule has 1 N–H and O–H groups in total. The lowest BCUT2D eigenvalue weighted by Crippen LogP contribution is -2.05. The summed E-state index contributed by atoms with van der Waals surface area (Å²) in [6, 6.07) is 3.84. The van der Waals surface area contributed by atoms with Crippen LogP contribution in [0.4, 0.5) is 13.2 Å². The number of carboxylic acid groups (broad SMARTS) is 1. The molecule has 21 heavy (non-hydrogen) atoms. The molecular formula is C13H12F3N3O2. The third kappa shape index (κ3) is 3.59. The first-order valence-corrected chi connectivity index (χ1v) is 6.05. The van der Waals surface area contributed by atoms with Crippen molar-refractivity contribution < 1.29 is 23.1 Å². The van der Waals surface area contributed by atoms with Crippen molar-refractivity contribution >= 4 is 5.97 Å². The fraction of sp³-hybridized carbons (Fsp3) is 0.308. The van der Waals surface area contributed by atoms with Crippen molar-refractivity contribution in [3.05, 3.63) is 35.7 Å². The minimum atomic E-state index is -4.43. The van der Waals surface area contributed by atoms with E-state index in [9.17, 15) is 18.0 Å². The standard InChI is InChI=1S/C13H12F3N3O2/c1-19-11(6-9(18-19)3-5-12(20)21)10-4-2-8(7-17-10)13(14,15)16/h2,4,6-7H,3,5H2,1H3,(H,20,21). The van der Waals surface area contributed by atoms with Gasteiger partial charge in [0.05, 0.1) is 29.1 Å². The molecule has 0 amide bonds. The number of alkyl halides is 3. The van der Waals surface area contributed by atoms with E-state index in [4.69, 9.17) is 5.11 Å². The van der Waals surface area contributed by atoms with E-state index in [0.29, 0.717) is 17.1 Å². The molecular weight excluding hydrogens is 287 g/mol. The maximum atomic E-state index is 12.5. The maximum absolute atomic E-state index is 12.5. The third-order valence-electron chi connectivity index (χ3n) is 2.88. The van der Waals surface area contributed by atoms with E-state index in [1.165, 1.54) is 10.7 Å². The highest BCUT2D eigenvalue weighted by molar-refractivity contribution is 5.67. The van der Waals surface area contributed by atoms with Crippen molar-refractivity contribution in [1.82, 2.24) is 14.8 Å². The molecule has 0 bridgehead atoms. The normalized spacial score (nSPS) is 11.6. The molecule has 0 fully saturated rings. The van der Waals surface area contributed by atoms with Gasteiger partial charge in [0.1, 0.15) is 0 Å². The molecule has 2 aromatic rings. The van der Waals surface area contributed by atoms with Crippen molar-refractivity contribution in [2.24, 2.45) is 7.05 Å². The van der Waals surface area contributed by atoms with Gasteiger partial charge in [0, 0.05) is 19.7 Å². The second kappa shape index (κ2) is 5.55. The average molecular weight is 299 g/mol. The SMILES string of the molecule is Cn1nc(CCC(=O)O)cc1-c1ccc(C(F)(F)F)cn1. The van der Waals surface area contributed by atoms with E-state index in [1.807, 2.05) is 0 Å². The zero-order chi connectivity index (χ0) is 15.6. The lowest BCUT2D eigenvalue weighted by Gasteiger charge is -2.06. The Morgan fingerprint density at radius 1 is 1.38 bits per heavy atom. The van der Waals surface area contributed by atoms with Gasteiger partial charge >= 0.3 is 12.1 Å². The lowest BCUT2D eigenvalue weighted by atomic mass is 10.2. The molecule has 0 aliphatic rings. The summed E-state index contributed by atoms with van der Waals surface area (Å²) >= 11 is 0. The van der Waals surface area contributed by atoms with Crippen LogP contribution < -0.4 is 0 Å². The van der Waals surface area contributed by atoms with E-state index < -0.39 is 17.7 Å². The number of halogens is 3. The van der Waals surface area contributed by atoms with Crippen LogP contribution in [0, 0.1) is 0 Å². The van der Waals surface area contributed by atoms with Crippen molar-refractivity contribution in [3.8, 4) is 11.4 Å². The zero-order valence-electron chi connectivity index (χ0n) is 11.1. The van der Waals surface area contributed by atoms with Gasteiger partial charge in [0.15, 0.2) is 0 Å². The number of carboxylic acids is 1. The van der Waals surface area contributed by atoms with Gasteiger partial charge in [-0.25, -0.2) is 0 Å². The highest BCUT2D eigenvalue weighted by Crippen LogP contribution is 2.29. The monoisotopic (exact) mass is 299 g/mol. The van der Waals surface area contributed by atoms with Crippen molar-refractivity contribution in [2.45, 2.75) is 19.0 Å². The molecule has 0 aromatic carbocycles. The van der Waals surface area contributed by atoms with E-state index in [0.717, 1.165) is 12.3 Å². The number of rotatable bonds is 4. The second-order valence-corrected chi connectivity index (χ2v) is 4.47. The number of aliphatic carboxylic acids is 1. The van der Waals surface area contributed by atoms with Crippen LogP contribution in [-0.2, 0) is 24.4 Å². The minimum Gasteiger partial charge on any atom is -0.481 e. The minimum absolute atomic E-state index is 0.0586. The predicted molar refractivity (Wildman–Crippen MR) is 67.4 cm³/mol. The summed E-state index contributed by atoms with van der Waals surface area (Å²) in [4.78, 5) is 14.3. The van der Waals surface area contributed by atoms with Crippen molar-refractivity contribution in [1.29, 1.82) is 0 Å². The fourth-order valence-corrected chi connectivity index (χ4v) is 1.84. The molecule has 0 aliphatic heterocycles. The van der Waals surface area contributed by atoms with Gasteiger partial charge in [-0.15, -0.1) is 0 Å². The van der Waals surface area contributed by atoms with Gasteiger partial charge in [0.2, 0.25) is 0 Å². The van der Waals surface area contributed by atoms with Gasteiger partial charge < -0.3 is 5.11 Å². The largest absolute Gasteiger partial charge is 0.481 e. The lowest BCUT2D eigenvalue weighted by molar-refractivity contribution is -0.138. The number of nitrogens with zero attached hydrogens (tertiary/aromatic N) is 3. The van der Waals surface area contributed by atoms with E-state index >= 15 is 0 Å². The highest BCUT2D eigenvalue weighted by atomic mass is 19.4. The fourth-order valence-electron chi connectivity index (χ4n) is 1.84. The quantitative estimate of drug-likeness (QED) is 0.942. The molecule has 0 atom stereocenters. The van der Waals surface area contributed by atoms with Crippen LogP contribution in [0.5, 0.6) is 0 Å². The Hall–Kier alpha value is -2.38. The number of hydrogen-bond donors (Lipinski definition) is 1. The number of aromatic nitrogens is 3. The first-order valence-electron chi connectivity index (χ1n) is 6.05. The van der Waals surface area contributed by atoms with Crippen molar-refractivity contribution in [2.75, 3.05) is 0 Å². The van der Waals surface area contributed by atoms with Crippen LogP contribution in [0.25, 0.3) is 11.4 Å². The first kappa shape index (κ1) is 15.0. The molecule has 112 valence electrons. The third-order valence-corrected chi connectivity index (χ3v) is 2.88. The maximum Gasteiger partial charge on any atom is 0.417 e. The summed E-state index contributed by atoms with van der Waals surface area (Å²) in [7, 11) is 1.62. The van der Waals surface area contributed by atoms with Crippen LogP contribution >= 0.6 is 0 Å². The Bertz CT molecular complexity index is 648. The Labute approximate surface area is 118 Å². The van der Waals surface area contributed by atoms with Crippen LogP contribution in [0.2, 0.25) is 0 Å². The summed E-state index contributed by atoms with van der Waals surface area (Å²) in [5.41, 5.74) is 0.611. The molecule has 0 radical (unpaired) electrons. The number of pyridine rings is 1. The Morgan fingerprint density at radius 3 is 2.62 bits per heavy atom. The molecule has 0 saturated heterocycles. The molecule has 2 aromatic heterocycles. The number of hydrogen-bond acceptors (Lipinski definition) is 3. The van der Waals surface area contributed by atoms with Crippen LogP contribution in [0.3, 0.4) is 0 Å². The summed E-state index contributed by atoms with van der Waals surface area (Å²) in [5, 5.41) is 12.7. The Kier molecular flexibility index (Phi) is 3.97. The van der Waals surface area contributed by atoms with Gasteiger partial charge in [-0.05, 0) is 18.2 Å². The van der Waals surface area contributed by atoms with Gasteiger partial charge in [0.25, 0.3) is 0 Å². The second-order valence-electron chi connectivity index (χ2n) is 4.47. The van der Waals surface area contributed by atoms with Gasteiger partial charge in [-0.2, -0.15) is 18.3 Å². The average Bonchev–Trinajstić information content (AvgIpc) is 2.77. The zero-order valence-corrected chi connectivity index (χ0v) is 11.1. The van der Waals surface area contributed by atoms with E-state index in [1.54, 1.807) is 13.1 Å². The number of aryl methyl sites for hydroxylation is 2. The summed E-state index contributed by atoms with van der Waals surface area (Å²) < 4.78 is 38.9. The molecule has 2 rings (SSSR count). The molecule has 0 unspecified atom stereocenters. The van der Waals surface area contributed by atoms with Gasteiger partial charge in [-0.1, -0.05) is 0 Å². The molecule has 8 heteroatoms. The Balaban J connectivity index is 2.24. The summed E-state index contributed by atoms with van der Waals surface area (Å²) in [6.07, 6.45) is -3.47. The molecule has 5 nitrogen and oxygen atoms in total.